The molecule has 0 aliphatic heterocycles. The lowest BCUT2D eigenvalue weighted by Crippen LogP contribution is -2.14. The van der Waals surface area contributed by atoms with Crippen LogP contribution in [0.25, 0.3) is 0 Å². The maximum atomic E-state index is 12.4. The average molecular weight is 490 g/mol. The molecule has 176 valence electrons. The third-order valence-electron chi connectivity index (χ3n) is 4.71. The molecule has 3 rings (SSSR count). The highest BCUT2D eigenvalue weighted by atomic mass is 32.2. The predicted octanol–water partition coefficient (Wildman–Crippen LogP) is 4.19. The van der Waals surface area contributed by atoms with Crippen molar-refractivity contribution in [2.75, 3.05) is 17.7 Å². The van der Waals surface area contributed by atoms with E-state index in [1.54, 1.807) is 13.8 Å². The summed E-state index contributed by atoms with van der Waals surface area (Å²) in [5.41, 5.74) is 1.77. The van der Waals surface area contributed by atoms with Crippen LogP contribution in [0.5, 0.6) is 5.75 Å². The minimum Gasteiger partial charge on any atom is -0.483 e. The summed E-state index contributed by atoms with van der Waals surface area (Å²) in [6.45, 7) is 7.74. The Morgan fingerprint density at radius 2 is 1.94 bits per heavy atom. The van der Waals surface area contributed by atoms with E-state index in [9.17, 15) is 9.59 Å². The molecule has 1 amide bonds. The van der Waals surface area contributed by atoms with Crippen molar-refractivity contribution in [3.63, 3.8) is 0 Å². The number of benzene rings is 1. The van der Waals surface area contributed by atoms with Crippen molar-refractivity contribution in [2.45, 2.75) is 45.4 Å². The lowest BCUT2D eigenvalue weighted by atomic mass is 10.2. The van der Waals surface area contributed by atoms with E-state index in [1.165, 1.54) is 17.3 Å². The summed E-state index contributed by atoms with van der Waals surface area (Å²) in [5, 5.41) is 12.1. The van der Waals surface area contributed by atoms with Crippen LogP contribution in [0.3, 0.4) is 0 Å². The smallest absolute Gasteiger partial charge is 0.350 e. The van der Waals surface area contributed by atoms with Crippen molar-refractivity contribution in [2.24, 2.45) is 7.05 Å². The van der Waals surface area contributed by atoms with Crippen molar-refractivity contribution in [1.29, 1.82) is 0 Å². The minimum atomic E-state index is -0.438. The first kappa shape index (κ1) is 24.7. The number of amides is 1. The number of hydrogen-bond donors (Lipinski definition) is 1. The molecule has 0 bridgehead atoms. The number of aryl methyl sites for hydroxylation is 2. The fourth-order valence-corrected chi connectivity index (χ4v) is 4.58. The van der Waals surface area contributed by atoms with Crippen LogP contribution >= 0.6 is 23.1 Å². The van der Waals surface area contributed by atoms with E-state index in [2.05, 4.69) is 27.4 Å². The van der Waals surface area contributed by atoms with E-state index in [0.29, 0.717) is 26.7 Å². The maximum Gasteiger partial charge on any atom is 0.350 e. The molecule has 0 saturated carbocycles. The highest BCUT2D eigenvalue weighted by Crippen LogP contribution is 2.26. The van der Waals surface area contributed by atoms with Gasteiger partial charge in [0.05, 0.1) is 18.1 Å². The number of rotatable bonds is 10. The van der Waals surface area contributed by atoms with Gasteiger partial charge in [0.15, 0.2) is 22.2 Å². The normalized spacial score (nSPS) is 11.8. The van der Waals surface area contributed by atoms with Crippen LogP contribution in [0, 0.1) is 6.92 Å². The number of thioether (sulfide) groups is 1. The van der Waals surface area contributed by atoms with Crippen molar-refractivity contribution >= 4 is 40.1 Å². The molecule has 33 heavy (non-hydrogen) atoms. The molecule has 1 aromatic carbocycles. The van der Waals surface area contributed by atoms with Gasteiger partial charge in [-0.1, -0.05) is 42.2 Å². The molecule has 0 radical (unpaired) electrons. The van der Waals surface area contributed by atoms with Crippen LogP contribution in [-0.4, -0.2) is 44.0 Å². The van der Waals surface area contributed by atoms with Crippen LogP contribution in [-0.2, 0) is 23.0 Å². The molecular formula is C22H27N5O4S2. The van der Waals surface area contributed by atoms with E-state index in [-0.39, 0.29) is 24.4 Å². The number of carbonyl (C=O) groups is 2. The van der Waals surface area contributed by atoms with E-state index in [0.717, 1.165) is 23.5 Å². The van der Waals surface area contributed by atoms with Gasteiger partial charge in [0.2, 0.25) is 5.91 Å². The van der Waals surface area contributed by atoms with Crippen molar-refractivity contribution in [3.8, 4) is 5.75 Å². The number of nitrogens with zero attached hydrogens (tertiary/aromatic N) is 4. The fourth-order valence-electron chi connectivity index (χ4n) is 2.99. The third-order valence-corrected chi connectivity index (χ3v) is 6.79. The number of anilines is 1. The first-order chi connectivity index (χ1) is 15.8. The second kappa shape index (κ2) is 11.3. The second-order valence-corrected chi connectivity index (χ2v) is 9.09. The molecule has 0 fully saturated rings. The Morgan fingerprint density at radius 3 is 2.61 bits per heavy atom. The van der Waals surface area contributed by atoms with Crippen LogP contribution < -0.4 is 10.1 Å². The van der Waals surface area contributed by atoms with E-state index < -0.39 is 5.97 Å². The summed E-state index contributed by atoms with van der Waals surface area (Å²) in [7, 11) is 1.84. The molecule has 11 heteroatoms. The first-order valence-corrected chi connectivity index (χ1v) is 12.3. The van der Waals surface area contributed by atoms with Gasteiger partial charge in [-0.2, -0.15) is 0 Å². The fraction of sp³-hybridized carbons (Fsp3) is 0.409. The van der Waals surface area contributed by atoms with Gasteiger partial charge in [0.25, 0.3) is 0 Å². The number of nitrogens with one attached hydrogen (secondary N) is 1. The quantitative estimate of drug-likeness (QED) is 0.334. The topological polar surface area (TPSA) is 108 Å². The lowest BCUT2D eigenvalue weighted by molar-refractivity contribution is -0.113. The number of esters is 1. The molecule has 1 atom stereocenters. The number of ether oxygens (including phenoxy) is 2. The molecule has 0 spiro atoms. The van der Waals surface area contributed by atoms with E-state index >= 15 is 0 Å². The molecule has 1 N–H and O–H groups in total. The van der Waals surface area contributed by atoms with E-state index in [1.807, 2.05) is 42.8 Å². The van der Waals surface area contributed by atoms with Gasteiger partial charge in [0, 0.05) is 7.05 Å². The number of hydrogen-bond acceptors (Lipinski definition) is 9. The number of carbonyl (C=O) groups excluding carboxylic acids is 2. The van der Waals surface area contributed by atoms with Gasteiger partial charge < -0.3 is 19.4 Å². The predicted molar refractivity (Wildman–Crippen MR) is 128 cm³/mol. The van der Waals surface area contributed by atoms with Crippen molar-refractivity contribution in [3.05, 3.63) is 46.2 Å². The van der Waals surface area contributed by atoms with Gasteiger partial charge in [-0.15, -0.1) is 10.2 Å². The third kappa shape index (κ3) is 6.32. The summed E-state index contributed by atoms with van der Waals surface area (Å²) < 4.78 is 12.8. The van der Waals surface area contributed by atoms with Crippen molar-refractivity contribution in [1.82, 2.24) is 19.7 Å². The summed E-state index contributed by atoms with van der Waals surface area (Å²) in [6.07, 6.45) is 0.667. The van der Waals surface area contributed by atoms with Gasteiger partial charge in [-0.25, -0.2) is 9.78 Å². The number of aromatic nitrogens is 4. The minimum absolute atomic E-state index is 0.118. The molecule has 0 aliphatic carbocycles. The summed E-state index contributed by atoms with van der Waals surface area (Å²) in [5.74, 6) is 0.845. The zero-order valence-corrected chi connectivity index (χ0v) is 20.9. The highest BCUT2D eigenvalue weighted by molar-refractivity contribution is 7.99. The molecule has 1 unspecified atom stereocenters. The second-order valence-electron chi connectivity index (χ2n) is 7.15. The standard InChI is InChI=1S/C22H27N5O4S2/c1-6-15-8-10-16(11-9-15)31-14(4)19-25-26-22(27(19)5)32-12-17(28)24-21-23-13(3)18(33-21)20(29)30-7-2/h8-11,14H,6-7,12H2,1-5H3,(H,23,24,28). The first-order valence-electron chi connectivity index (χ1n) is 10.5. The molecule has 0 saturated heterocycles. The largest absolute Gasteiger partial charge is 0.483 e. The monoisotopic (exact) mass is 489 g/mol. The lowest BCUT2D eigenvalue weighted by Gasteiger charge is -2.14. The molecule has 3 aromatic rings. The number of thiazole rings is 1. The van der Waals surface area contributed by atoms with E-state index in [4.69, 9.17) is 9.47 Å². The highest BCUT2D eigenvalue weighted by Gasteiger charge is 2.20. The summed E-state index contributed by atoms with van der Waals surface area (Å²) in [4.78, 5) is 28.9. The Hall–Kier alpha value is -2.92. The Kier molecular flexibility index (Phi) is 8.45. The van der Waals surface area contributed by atoms with Gasteiger partial charge in [-0.3, -0.25) is 4.79 Å². The SMILES string of the molecule is CCOC(=O)c1sc(NC(=O)CSc2nnc(C(C)Oc3ccc(CC)cc3)n2C)nc1C. The molecule has 2 heterocycles. The van der Waals surface area contributed by atoms with Crippen molar-refractivity contribution < 1.29 is 19.1 Å². The molecule has 2 aromatic heterocycles. The Bertz CT molecular complexity index is 1110. The molecule has 9 nitrogen and oxygen atoms in total. The zero-order valence-electron chi connectivity index (χ0n) is 19.2. The maximum absolute atomic E-state index is 12.4. The van der Waals surface area contributed by atoms with Gasteiger partial charge >= 0.3 is 5.97 Å². The Labute approximate surface area is 200 Å². The van der Waals surface area contributed by atoms with Gasteiger partial charge in [0.1, 0.15) is 10.6 Å². The average Bonchev–Trinajstić information content (AvgIpc) is 3.34. The van der Waals surface area contributed by atoms with Gasteiger partial charge in [-0.05, 0) is 44.9 Å². The zero-order chi connectivity index (χ0) is 24.0. The van der Waals surface area contributed by atoms with Crippen LogP contribution in [0.4, 0.5) is 5.13 Å². The Balaban J connectivity index is 1.56. The van der Waals surface area contributed by atoms with Crippen LogP contribution in [0.1, 0.15) is 53.6 Å². The molecular weight excluding hydrogens is 462 g/mol. The summed E-state index contributed by atoms with van der Waals surface area (Å²) in [6, 6.07) is 7.97. The van der Waals surface area contributed by atoms with Crippen LogP contribution in [0.2, 0.25) is 0 Å². The summed E-state index contributed by atoms with van der Waals surface area (Å²) >= 11 is 2.35. The molecule has 0 aliphatic rings. The Morgan fingerprint density at radius 1 is 1.21 bits per heavy atom. The van der Waals surface area contributed by atoms with Crippen LogP contribution in [0.15, 0.2) is 29.4 Å².